The van der Waals surface area contributed by atoms with Gasteiger partial charge in [0.15, 0.2) is 5.78 Å². The number of allylic oxidation sites excluding steroid dienone is 1. The fourth-order valence-electron chi connectivity index (χ4n) is 6.36. The Morgan fingerprint density at radius 2 is 1.45 bits per heavy atom. The van der Waals surface area contributed by atoms with E-state index in [1.165, 1.54) is 25.7 Å². The molecule has 0 saturated carbocycles. The molecule has 0 spiro atoms. The first-order valence-electron chi connectivity index (χ1n) is 15.2. The average molecular weight is 710 g/mol. The molecule has 4 rings (SSSR count). The molecule has 3 atom stereocenters. The standard InChI is InChI=1S/C33H43Br2NO2S2/c1-5-9-11-13-21(7-3)18-23-19-24(37)30-31(29(23)25-14-16-27(34)39-25)33(38)36(20-22(8-4)12-10-6-2)32(30)26-15-17-28(35)40-26/h14-17,21-23H,5-13,18-20H2,1-4H3. The Bertz CT molecular complexity index is 1260. The summed E-state index contributed by atoms with van der Waals surface area (Å²) in [6.07, 6.45) is 11.9. The van der Waals surface area contributed by atoms with E-state index in [0.29, 0.717) is 35.9 Å². The van der Waals surface area contributed by atoms with Crippen molar-refractivity contribution in [1.82, 2.24) is 4.90 Å². The molecular formula is C33H43Br2NO2S2. The van der Waals surface area contributed by atoms with Crippen molar-refractivity contribution < 1.29 is 9.59 Å². The Morgan fingerprint density at radius 3 is 2.02 bits per heavy atom. The van der Waals surface area contributed by atoms with Gasteiger partial charge in [-0.3, -0.25) is 9.59 Å². The molecule has 0 aromatic carbocycles. The molecule has 0 N–H and O–H groups in total. The maximum Gasteiger partial charge on any atom is 0.259 e. The molecule has 0 saturated heterocycles. The van der Waals surface area contributed by atoms with E-state index in [1.54, 1.807) is 22.7 Å². The fourth-order valence-corrected chi connectivity index (χ4v) is 9.32. The van der Waals surface area contributed by atoms with E-state index in [-0.39, 0.29) is 17.6 Å². The fraction of sp³-hybridized carbons (Fsp3) is 0.576. The smallest absolute Gasteiger partial charge is 0.259 e. The minimum atomic E-state index is 0.0288. The lowest BCUT2D eigenvalue weighted by molar-refractivity contribution is -0.124. The van der Waals surface area contributed by atoms with Crippen LogP contribution in [0.5, 0.6) is 0 Å². The van der Waals surface area contributed by atoms with Crippen LogP contribution in [-0.4, -0.2) is 23.1 Å². The van der Waals surface area contributed by atoms with Crippen LogP contribution in [0.2, 0.25) is 0 Å². The van der Waals surface area contributed by atoms with Crippen molar-refractivity contribution in [3.8, 4) is 0 Å². The molecule has 3 heterocycles. The number of Topliss-reactive ketones (excluding diaryl/α,β-unsaturated/α-hetero) is 1. The molecule has 0 bridgehead atoms. The molecule has 40 heavy (non-hydrogen) atoms. The lowest BCUT2D eigenvalue weighted by Crippen LogP contribution is -2.31. The van der Waals surface area contributed by atoms with Gasteiger partial charge in [0.1, 0.15) is 0 Å². The second kappa shape index (κ2) is 14.9. The summed E-state index contributed by atoms with van der Waals surface area (Å²) in [7, 11) is 0. The number of carbonyl (C=O) groups is 2. The second-order valence-corrected chi connectivity index (χ2v) is 16.3. The number of fused-ring (bicyclic) bond motifs is 1. The number of hydrogen-bond acceptors (Lipinski definition) is 4. The molecule has 218 valence electrons. The van der Waals surface area contributed by atoms with Crippen LogP contribution in [0.25, 0.3) is 11.3 Å². The maximum atomic E-state index is 14.6. The van der Waals surface area contributed by atoms with Crippen LogP contribution in [0.1, 0.15) is 108 Å². The van der Waals surface area contributed by atoms with Crippen LogP contribution < -0.4 is 0 Å². The van der Waals surface area contributed by atoms with Gasteiger partial charge in [0.25, 0.3) is 5.91 Å². The van der Waals surface area contributed by atoms with Crippen LogP contribution in [-0.2, 0) is 9.59 Å². The Kier molecular flexibility index (Phi) is 11.9. The minimum absolute atomic E-state index is 0.0288. The van der Waals surface area contributed by atoms with Crippen molar-refractivity contribution in [1.29, 1.82) is 0 Å². The average Bonchev–Trinajstić information content (AvgIpc) is 3.64. The lowest BCUT2D eigenvalue weighted by atomic mass is 9.73. The molecule has 2 aromatic rings. The van der Waals surface area contributed by atoms with Crippen molar-refractivity contribution in [2.24, 2.45) is 17.8 Å². The molecule has 1 aliphatic heterocycles. The molecule has 3 nitrogen and oxygen atoms in total. The van der Waals surface area contributed by atoms with Crippen molar-refractivity contribution in [2.75, 3.05) is 6.54 Å². The predicted octanol–water partition coefficient (Wildman–Crippen LogP) is 11.1. The van der Waals surface area contributed by atoms with Crippen molar-refractivity contribution in [2.45, 2.75) is 98.3 Å². The highest BCUT2D eigenvalue weighted by atomic mass is 79.9. The summed E-state index contributed by atoms with van der Waals surface area (Å²) in [6, 6.07) is 8.31. The molecule has 2 aromatic heterocycles. The number of unbranched alkanes of at least 4 members (excludes halogenated alkanes) is 3. The van der Waals surface area contributed by atoms with Gasteiger partial charge in [0, 0.05) is 17.8 Å². The van der Waals surface area contributed by atoms with Crippen molar-refractivity contribution in [3.05, 3.63) is 52.7 Å². The number of halogens is 2. The number of hydrogen-bond donors (Lipinski definition) is 0. The first-order valence-corrected chi connectivity index (χ1v) is 18.4. The maximum absolute atomic E-state index is 14.6. The predicted molar refractivity (Wildman–Crippen MR) is 179 cm³/mol. The quantitative estimate of drug-likeness (QED) is 0.173. The summed E-state index contributed by atoms with van der Waals surface area (Å²) < 4.78 is 2.07. The summed E-state index contributed by atoms with van der Waals surface area (Å²) >= 11 is 10.6. The third kappa shape index (κ3) is 7.12. The van der Waals surface area contributed by atoms with E-state index in [2.05, 4.69) is 77.8 Å². The minimum Gasteiger partial charge on any atom is -0.306 e. The zero-order valence-corrected chi connectivity index (χ0v) is 29.2. The summed E-state index contributed by atoms with van der Waals surface area (Å²) in [5, 5.41) is 0. The first kappa shape index (κ1) is 31.9. The topological polar surface area (TPSA) is 37.4 Å². The molecule has 0 radical (unpaired) electrons. The van der Waals surface area contributed by atoms with E-state index < -0.39 is 0 Å². The highest BCUT2D eigenvalue weighted by molar-refractivity contribution is 9.11. The van der Waals surface area contributed by atoms with Crippen LogP contribution >= 0.6 is 54.5 Å². The second-order valence-electron chi connectivity index (χ2n) is 11.4. The number of nitrogens with zero attached hydrogens (tertiary/aromatic N) is 1. The van der Waals surface area contributed by atoms with E-state index in [4.69, 9.17) is 0 Å². The molecule has 1 aliphatic carbocycles. The van der Waals surface area contributed by atoms with E-state index >= 15 is 0 Å². The number of carbonyl (C=O) groups excluding carboxylic acids is 2. The van der Waals surface area contributed by atoms with Crippen LogP contribution in [0.4, 0.5) is 0 Å². The van der Waals surface area contributed by atoms with Gasteiger partial charge in [0.2, 0.25) is 0 Å². The summed E-state index contributed by atoms with van der Waals surface area (Å²) in [4.78, 5) is 32.8. The normalized spacial score (nSPS) is 19.1. The zero-order valence-electron chi connectivity index (χ0n) is 24.4. The van der Waals surface area contributed by atoms with Gasteiger partial charge >= 0.3 is 0 Å². The van der Waals surface area contributed by atoms with Gasteiger partial charge in [-0.25, -0.2) is 0 Å². The molecule has 3 unspecified atom stereocenters. The van der Waals surface area contributed by atoms with Crippen LogP contribution in [0.15, 0.2) is 43.0 Å². The Balaban J connectivity index is 1.85. The summed E-state index contributed by atoms with van der Waals surface area (Å²) in [5.74, 6) is 1.22. The highest BCUT2D eigenvalue weighted by Gasteiger charge is 2.46. The number of amides is 1. The number of ketones is 1. The largest absolute Gasteiger partial charge is 0.306 e. The van der Waals surface area contributed by atoms with Crippen molar-refractivity contribution in [3.63, 3.8) is 0 Å². The van der Waals surface area contributed by atoms with Gasteiger partial charge in [-0.15, -0.1) is 22.7 Å². The Morgan fingerprint density at radius 1 is 0.825 bits per heavy atom. The molecule has 2 aliphatic rings. The van der Waals surface area contributed by atoms with E-state index in [9.17, 15) is 9.59 Å². The third-order valence-corrected chi connectivity index (χ3v) is 11.9. The molecule has 0 fully saturated rings. The zero-order chi connectivity index (χ0) is 28.8. The third-order valence-electron chi connectivity index (χ3n) is 8.64. The van der Waals surface area contributed by atoms with Gasteiger partial charge in [0.05, 0.1) is 29.3 Å². The van der Waals surface area contributed by atoms with E-state index in [1.807, 2.05) is 11.0 Å². The SMILES string of the molecule is CCCCCC(CC)CC1CC(=O)C2=C(c3ccc(Br)s3)N(CC(CC)CCCC)C(=O)C2=C1c1ccc(Br)s1. The summed E-state index contributed by atoms with van der Waals surface area (Å²) in [6.45, 7) is 9.64. The van der Waals surface area contributed by atoms with Crippen molar-refractivity contribution >= 4 is 77.5 Å². The van der Waals surface area contributed by atoms with Crippen LogP contribution in [0.3, 0.4) is 0 Å². The Hall–Kier alpha value is -1.02. The highest BCUT2D eigenvalue weighted by Crippen LogP contribution is 2.51. The Labute approximate surface area is 265 Å². The molecule has 1 amide bonds. The monoisotopic (exact) mass is 707 g/mol. The van der Waals surface area contributed by atoms with Gasteiger partial charge in [-0.1, -0.05) is 79.1 Å². The summed E-state index contributed by atoms with van der Waals surface area (Å²) in [5.41, 5.74) is 3.31. The van der Waals surface area contributed by atoms with Gasteiger partial charge in [-0.05, 0) is 92.3 Å². The number of thiophene rings is 2. The number of rotatable bonds is 15. The molecule has 7 heteroatoms. The first-order chi connectivity index (χ1) is 19.3. The van der Waals surface area contributed by atoms with Crippen LogP contribution in [0, 0.1) is 17.8 Å². The van der Waals surface area contributed by atoms with Gasteiger partial charge < -0.3 is 4.90 Å². The molecular weight excluding hydrogens is 666 g/mol. The van der Waals surface area contributed by atoms with E-state index in [0.717, 1.165) is 67.1 Å². The van der Waals surface area contributed by atoms with Gasteiger partial charge in [-0.2, -0.15) is 0 Å². The lowest BCUT2D eigenvalue weighted by Gasteiger charge is -2.29.